The Hall–Kier alpha value is -1.10. The maximum atomic E-state index is 12.0. The van der Waals surface area contributed by atoms with Crippen molar-refractivity contribution in [3.05, 3.63) is 0 Å². The highest BCUT2D eigenvalue weighted by molar-refractivity contribution is 5.83. The lowest BCUT2D eigenvalue weighted by Gasteiger charge is -2.36. The van der Waals surface area contributed by atoms with Crippen LogP contribution in [0.4, 0.5) is 0 Å². The van der Waals surface area contributed by atoms with Crippen molar-refractivity contribution in [1.29, 1.82) is 0 Å². The molecule has 116 valence electrons. The van der Waals surface area contributed by atoms with Crippen LogP contribution in [0.5, 0.6) is 0 Å². The molecular weight excluding hydrogens is 256 g/mol. The highest BCUT2D eigenvalue weighted by Crippen LogP contribution is 2.38. The lowest BCUT2D eigenvalue weighted by atomic mass is 9.70. The smallest absolute Gasteiger partial charge is 0.311 e. The Morgan fingerprint density at radius 1 is 1.40 bits per heavy atom. The fraction of sp³-hybridized carbons (Fsp3) is 0.867. The number of carboxylic acid groups (broad SMARTS) is 1. The van der Waals surface area contributed by atoms with Gasteiger partial charge < -0.3 is 16.2 Å². The van der Waals surface area contributed by atoms with Crippen LogP contribution in [0.3, 0.4) is 0 Å². The SMILES string of the molecule is CCC(C)C(N)C(=O)NCC1(C(=O)O)CCC(C)CC1. The summed E-state index contributed by atoms with van der Waals surface area (Å²) in [6.07, 6.45) is 3.89. The Bertz CT molecular complexity index is 349. The molecule has 0 heterocycles. The molecule has 1 amide bonds. The Kier molecular flexibility index (Phi) is 5.99. The minimum Gasteiger partial charge on any atom is -0.481 e. The van der Waals surface area contributed by atoms with E-state index >= 15 is 0 Å². The van der Waals surface area contributed by atoms with Crippen LogP contribution in [-0.2, 0) is 9.59 Å². The van der Waals surface area contributed by atoms with Gasteiger partial charge in [0.05, 0.1) is 11.5 Å². The van der Waals surface area contributed by atoms with Crippen LogP contribution in [0.25, 0.3) is 0 Å². The summed E-state index contributed by atoms with van der Waals surface area (Å²) in [6, 6.07) is -0.562. The first-order chi connectivity index (χ1) is 9.32. The molecule has 20 heavy (non-hydrogen) atoms. The average molecular weight is 284 g/mol. The maximum absolute atomic E-state index is 12.0. The average Bonchev–Trinajstić information content (AvgIpc) is 2.44. The van der Waals surface area contributed by atoms with Gasteiger partial charge in [0.25, 0.3) is 0 Å². The summed E-state index contributed by atoms with van der Waals surface area (Å²) in [5.41, 5.74) is 5.06. The lowest BCUT2D eigenvalue weighted by Crippen LogP contribution is -2.50. The van der Waals surface area contributed by atoms with E-state index in [0.717, 1.165) is 19.3 Å². The number of carbonyl (C=O) groups is 2. The fourth-order valence-corrected chi connectivity index (χ4v) is 2.67. The number of hydrogen-bond donors (Lipinski definition) is 3. The van der Waals surface area contributed by atoms with Gasteiger partial charge in [-0.25, -0.2) is 0 Å². The summed E-state index contributed by atoms with van der Waals surface area (Å²) in [5, 5.41) is 12.3. The first-order valence-electron chi connectivity index (χ1n) is 7.59. The molecule has 4 N–H and O–H groups in total. The van der Waals surface area contributed by atoms with Gasteiger partial charge in [0.1, 0.15) is 0 Å². The number of hydrogen-bond acceptors (Lipinski definition) is 3. The van der Waals surface area contributed by atoms with Crippen LogP contribution >= 0.6 is 0 Å². The van der Waals surface area contributed by atoms with Crippen molar-refractivity contribution in [3.63, 3.8) is 0 Å². The third-order valence-electron chi connectivity index (χ3n) is 4.85. The van der Waals surface area contributed by atoms with E-state index < -0.39 is 17.4 Å². The molecule has 1 saturated carbocycles. The number of carbonyl (C=O) groups excluding carboxylic acids is 1. The molecular formula is C15H28N2O3. The number of nitrogens with two attached hydrogens (primary N) is 1. The lowest BCUT2D eigenvalue weighted by molar-refractivity contribution is -0.151. The van der Waals surface area contributed by atoms with E-state index in [-0.39, 0.29) is 18.4 Å². The predicted octanol–water partition coefficient (Wildman–Crippen LogP) is 1.76. The van der Waals surface area contributed by atoms with Gasteiger partial charge in [0, 0.05) is 6.54 Å². The van der Waals surface area contributed by atoms with Crippen molar-refractivity contribution in [2.45, 2.75) is 58.9 Å². The van der Waals surface area contributed by atoms with Crippen molar-refractivity contribution in [2.24, 2.45) is 23.0 Å². The first-order valence-corrected chi connectivity index (χ1v) is 7.59. The number of amides is 1. The van der Waals surface area contributed by atoms with Crippen molar-refractivity contribution in [3.8, 4) is 0 Å². The van der Waals surface area contributed by atoms with Gasteiger partial charge in [-0.1, -0.05) is 27.2 Å². The first kappa shape index (κ1) is 17.0. The second kappa shape index (κ2) is 7.07. The molecule has 0 aromatic carbocycles. The summed E-state index contributed by atoms with van der Waals surface area (Å²) in [4.78, 5) is 23.6. The van der Waals surface area contributed by atoms with Crippen molar-refractivity contribution in [2.75, 3.05) is 6.54 Å². The van der Waals surface area contributed by atoms with E-state index in [2.05, 4.69) is 12.2 Å². The van der Waals surface area contributed by atoms with Crippen LogP contribution in [0.15, 0.2) is 0 Å². The Morgan fingerprint density at radius 2 is 1.95 bits per heavy atom. The fourth-order valence-electron chi connectivity index (χ4n) is 2.67. The van der Waals surface area contributed by atoms with E-state index in [0.29, 0.717) is 18.8 Å². The molecule has 5 nitrogen and oxygen atoms in total. The third kappa shape index (κ3) is 3.95. The molecule has 1 rings (SSSR count). The molecule has 5 heteroatoms. The molecule has 1 aliphatic rings. The Morgan fingerprint density at radius 3 is 2.40 bits per heavy atom. The molecule has 0 saturated heterocycles. The van der Waals surface area contributed by atoms with Gasteiger partial charge in [0.15, 0.2) is 0 Å². The van der Waals surface area contributed by atoms with Crippen molar-refractivity contribution >= 4 is 11.9 Å². The van der Waals surface area contributed by atoms with E-state index in [9.17, 15) is 14.7 Å². The summed E-state index contributed by atoms with van der Waals surface area (Å²) >= 11 is 0. The molecule has 0 bridgehead atoms. The summed E-state index contributed by atoms with van der Waals surface area (Å²) in [5.74, 6) is -0.372. The molecule has 1 fully saturated rings. The maximum Gasteiger partial charge on any atom is 0.311 e. The van der Waals surface area contributed by atoms with Crippen LogP contribution in [0, 0.1) is 17.3 Å². The standard InChI is InChI=1S/C15H28N2O3/c1-4-11(3)12(16)13(18)17-9-15(14(19)20)7-5-10(2)6-8-15/h10-12H,4-9,16H2,1-3H3,(H,17,18)(H,19,20). The predicted molar refractivity (Wildman–Crippen MR) is 78.1 cm³/mol. The number of aliphatic carboxylic acids is 1. The quantitative estimate of drug-likeness (QED) is 0.693. The molecule has 2 atom stereocenters. The minimum absolute atomic E-state index is 0.0992. The van der Waals surface area contributed by atoms with E-state index in [4.69, 9.17) is 5.73 Å². The number of nitrogens with one attached hydrogen (secondary N) is 1. The third-order valence-corrected chi connectivity index (χ3v) is 4.85. The van der Waals surface area contributed by atoms with E-state index in [1.807, 2.05) is 13.8 Å². The minimum atomic E-state index is -0.808. The summed E-state index contributed by atoms with van der Waals surface area (Å²) in [7, 11) is 0. The molecule has 0 aromatic rings. The number of rotatable bonds is 6. The number of carboxylic acids is 1. The van der Waals surface area contributed by atoms with Crippen LogP contribution in [-0.4, -0.2) is 29.6 Å². The highest BCUT2D eigenvalue weighted by Gasteiger charge is 2.41. The zero-order chi connectivity index (χ0) is 15.3. The molecule has 1 aliphatic carbocycles. The molecule has 0 radical (unpaired) electrons. The second-order valence-electron chi connectivity index (χ2n) is 6.40. The summed E-state index contributed by atoms with van der Waals surface area (Å²) < 4.78 is 0. The van der Waals surface area contributed by atoms with Gasteiger partial charge in [-0.05, 0) is 37.5 Å². The Labute approximate surface area is 121 Å². The van der Waals surface area contributed by atoms with E-state index in [1.165, 1.54) is 0 Å². The van der Waals surface area contributed by atoms with Crippen LogP contribution < -0.4 is 11.1 Å². The van der Waals surface area contributed by atoms with Gasteiger partial charge in [-0.2, -0.15) is 0 Å². The summed E-state index contributed by atoms with van der Waals surface area (Å²) in [6.45, 7) is 6.25. The van der Waals surface area contributed by atoms with Gasteiger partial charge in [0.2, 0.25) is 5.91 Å². The van der Waals surface area contributed by atoms with Crippen LogP contribution in [0.2, 0.25) is 0 Å². The molecule has 0 aromatic heterocycles. The Balaban J connectivity index is 2.60. The van der Waals surface area contributed by atoms with Crippen LogP contribution in [0.1, 0.15) is 52.9 Å². The van der Waals surface area contributed by atoms with E-state index in [1.54, 1.807) is 0 Å². The van der Waals surface area contributed by atoms with Gasteiger partial charge >= 0.3 is 5.97 Å². The second-order valence-corrected chi connectivity index (χ2v) is 6.40. The van der Waals surface area contributed by atoms with Gasteiger partial charge in [-0.15, -0.1) is 0 Å². The van der Waals surface area contributed by atoms with Gasteiger partial charge in [-0.3, -0.25) is 9.59 Å². The topological polar surface area (TPSA) is 92.4 Å². The molecule has 0 spiro atoms. The van der Waals surface area contributed by atoms with Crippen molar-refractivity contribution < 1.29 is 14.7 Å². The normalized spacial score (nSPS) is 29.5. The molecule has 0 aliphatic heterocycles. The van der Waals surface area contributed by atoms with Crippen molar-refractivity contribution in [1.82, 2.24) is 5.32 Å². The highest BCUT2D eigenvalue weighted by atomic mass is 16.4. The zero-order valence-corrected chi connectivity index (χ0v) is 12.8. The molecule has 2 unspecified atom stereocenters. The zero-order valence-electron chi connectivity index (χ0n) is 12.8. The monoisotopic (exact) mass is 284 g/mol. The largest absolute Gasteiger partial charge is 0.481 e.